The minimum atomic E-state index is -4.43. The van der Waals surface area contributed by atoms with Crippen LogP contribution in [0.15, 0.2) is 18.2 Å². The van der Waals surface area contributed by atoms with Crippen molar-refractivity contribution in [1.82, 2.24) is 4.90 Å². The summed E-state index contributed by atoms with van der Waals surface area (Å²) in [7, 11) is 2.01. The van der Waals surface area contributed by atoms with E-state index >= 15 is 0 Å². The Balaban J connectivity index is 2.42. The molecule has 1 aliphatic heterocycles. The molecule has 7 heteroatoms. The van der Waals surface area contributed by atoms with Crippen LogP contribution in [-0.2, 0) is 6.18 Å². The smallest absolute Gasteiger partial charge is 0.384 e. The Morgan fingerprint density at radius 3 is 2.52 bits per heavy atom. The number of amidine groups is 1. The van der Waals surface area contributed by atoms with Crippen molar-refractivity contribution >= 4 is 11.5 Å². The fourth-order valence-corrected chi connectivity index (χ4v) is 2.68. The van der Waals surface area contributed by atoms with E-state index in [0.717, 1.165) is 25.2 Å². The summed E-state index contributed by atoms with van der Waals surface area (Å²) in [5.41, 5.74) is 5.44. The van der Waals surface area contributed by atoms with Gasteiger partial charge in [-0.1, -0.05) is 0 Å². The number of halogens is 3. The number of nitrogens with two attached hydrogens (primary N) is 1. The van der Waals surface area contributed by atoms with E-state index in [1.165, 1.54) is 6.07 Å². The highest BCUT2D eigenvalue weighted by molar-refractivity contribution is 6.00. The molecule has 1 unspecified atom stereocenters. The summed E-state index contributed by atoms with van der Waals surface area (Å²) in [5, 5.41) is 7.57. The third-order valence-electron chi connectivity index (χ3n) is 3.75. The molecule has 0 aliphatic carbocycles. The van der Waals surface area contributed by atoms with Crippen LogP contribution in [-0.4, -0.2) is 43.5 Å². The number of nitrogens with one attached hydrogen (secondary N) is 1. The molecule has 0 aromatic heterocycles. The largest absolute Gasteiger partial charge is 0.416 e. The molecule has 116 valence electrons. The Hall–Kier alpha value is -1.76. The Bertz CT molecular complexity index is 542. The maximum Gasteiger partial charge on any atom is 0.416 e. The summed E-state index contributed by atoms with van der Waals surface area (Å²) in [4.78, 5) is 4.18. The number of benzene rings is 1. The van der Waals surface area contributed by atoms with Gasteiger partial charge in [-0.25, -0.2) is 0 Å². The van der Waals surface area contributed by atoms with E-state index in [-0.39, 0.29) is 17.4 Å². The van der Waals surface area contributed by atoms with Crippen molar-refractivity contribution in [2.45, 2.75) is 19.1 Å². The first-order valence-corrected chi connectivity index (χ1v) is 6.71. The van der Waals surface area contributed by atoms with E-state index in [1.807, 2.05) is 18.9 Å². The lowest BCUT2D eigenvalue weighted by atomic mass is 10.0. The summed E-state index contributed by atoms with van der Waals surface area (Å²) in [6, 6.07) is 3.58. The van der Waals surface area contributed by atoms with Gasteiger partial charge in [-0.2, -0.15) is 13.2 Å². The van der Waals surface area contributed by atoms with E-state index in [0.29, 0.717) is 12.2 Å². The lowest BCUT2D eigenvalue weighted by Crippen LogP contribution is -2.51. The average Bonchev–Trinajstić information content (AvgIpc) is 2.37. The fourth-order valence-electron chi connectivity index (χ4n) is 2.68. The van der Waals surface area contributed by atoms with Gasteiger partial charge in [0.1, 0.15) is 5.84 Å². The van der Waals surface area contributed by atoms with E-state index in [1.54, 1.807) is 0 Å². The lowest BCUT2D eigenvalue weighted by molar-refractivity contribution is -0.137. The first-order chi connectivity index (χ1) is 9.70. The zero-order chi connectivity index (χ0) is 15.8. The Morgan fingerprint density at radius 2 is 2.00 bits per heavy atom. The molecule has 1 aromatic carbocycles. The van der Waals surface area contributed by atoms with Crippen LogP contribution in [0.3, 0.4) is 0 Å². The van der Waals surface area contributed by atoms with E-state index in [9.17, 15) is 13.2 Å². The van der Waals surface area contributed by atoms with Crippen molar-refractivity contribution in [1.29, 1.82) is 5.41 Å². The van der Waals surface area contributed by atoms with Gasteiger partial charge < -0.3 is 15.5 Å². The van der Waals surface area contributed by atoms with E-state index < -0.39 is 11.7 Å². The van der Waals surface area contributed by atoms with Gasteiger partial charge in [0.2, 0.25) is 0 Å². The second kappa shape index (κ2) is 5.55. The maximum absolute atomic E-state index is 12.8. The first kappa shape index (κ1) is 15.6. The molecule has 0 spiro atoms. The lowest BCUT2D eigenvalue weighted by Gasteiger charge is -2.40. The minimum Gasteiger partial charge on any atom is -0.384 e. The van der Waals surface area contributed by atoms with E-state index in [4.69, 9.17) is 11.1 Å². The number of hydrogen-bond donors (Lipinski definition) is 2. The molecule has 1 aliphatic rings. The third-order valence-corrected chi connectivity index (χ3v) is 3.75. The van der Waals surface area contributed by atoms with Crippen molar-refractivity contribution in [3.05, 3.63) is 29.3 Å². The summed E-state index contributed by atoms with van der Waals surface area (Å²) < 4.78 is 38.4. The molecule has 2 rings (SSSR count). The van der Waals surface area contributed by atoms with Crippen LogP contribution in [0, 0.1) is 5.41 Å². The van der Waals surface area contributed by atoms with Gasteiger partial charge in [0.25, 0.3) is 0 Å². The molecule has 21 heavy (non-hydrogen) atoms. The number of hydrogen-bond acceptors (Lipinski definition) is 3. The third kappa shape index (κ3) is 3.29. The second-order valence-electron chi connectivity index (χ2n) is 5.45. The zero-order valence-corrected chi connectivity index (χ0v) is 12.0. The summed E-state index contributed by atoms with van der Waals surface area (Å²) >= 11 is 0. The molecule has 0 bridgehead atoms. The number of anilines is 1. The number of alkyl halides is 3. The monoisotopic (exact) mass is 300 g/mol. The van der Waals surface area contributed by atoms with Crippen LogP contribution >= 0.6 is 0 Å². The van der Waals surface area contributed by atoms with Crippen LogP contribution in [0.5, 0.6) is 0 Å². The molecule has 0 amide bonds. The van der Waals surface area contributed by atoms with Crippen LogP contribution in [0.4, 0.5) is 18.9 Å². The van der Waals surface area contributed by atoms with E-state index in [2.05, 4.69) is 4.90 Å². The molecular formula is C14H19F3N4. The van der Waals surface area contributed by atoms with Crippen LogP contribution in [0.25, 0.3) is 0 Å². The van der Waals surface area contributed by atoms with Gasteiger partial charge in [-0.15, -0.1) is 0 Å². The van der Waals surface area contributed by atoms with Crippen molar-refractivity contribution in [2.24, 2.45) is 5.73 Å². The molecule has 1 fully saturated rings. The van der Waals surface area contributed by atoms with Crippen molar-refractivity contribution in [2.75, 3.05) is 31.6 Å². The Kier molecular flexibility index (Phi) is 4.13. The van der Waals surface area contributed by atoms with Gasteiger partial charge in [-0.05, 0) is 32.2 Å². The SMILES string of the molecule is CC1CN(C)CCN1c1ccc(C(F)(F)F)cc1C(=N)N. The predicted octanol–water partition coefficient (Wildman–Crippen LogP) is 2.13. The van der Waals surface area contributed by atoms with Gasteiger partial charge in [-0.3, -0.25) is 5.41 Å². The molecule has 1 atom stereocenters. The topological polar surface area (TPSA) is 56.4 Å². The van der Waals surface area contributed by atoms with Gasteiger partial charge >= 0.3 is 6.18 Å². The number of nitrogen functional groups attached to an aromatic ring is 1. The summed E-state index contributed by atoms with van der Waals surface area (Å²) in [5.74, 6) is -0.345. The average molecular weight is 300 g/mol. The quantitative estimate of drug-likeness (QED) is 0.650. The standard InChI is InChI=1S/C14H19F3N4/c1-9-8-20(2)5-6-21(9)12-4-3-10(14(15,16)17)7-11(12)13(18)19/h3-4,7,9H,5-6,8H2,1-2H3,(H3,18,19). The second-order valence-corrected chi connectivity index (χ2v) is 5.45. The number of piperazine rings is 1. The molecule has 4 nitrogen and oxygen atoms in total. The summed E-state index contributed by atoms with van der Waals surface area (Å²) in [6.45, 7) is 4.35. The van der Waals surface area contributed by atoms with Crippen LogP contribution in [0.2, 0.25) is 0 Å². The zero-order valence-electron chi connectivity index (χ0n) is 12.0. The highest BCUT2D eigenvalue weighted by Crippen LogP contribution is 2.33. The van der Waals surface area contributed by atoms with Crippen molar-refractivity contribution in [3.8, 4) is 0 Å². The van der Waals surface area contributed by atoms with Gasteiger partial charge in [0, 0.05) is 36.9 Å². The molecule has 0 radical (unpaired) electrons. The molecule has 0 saturated carbocycles. The van der Waals surface area contributed by atoms with Gasteiger partial charge in [0.15, 0.2) is 0 Å². The number of likely N-dealkylation sites (N-methyl/N-ethyl adjacent to an activating group) is 1. The number of rotatable bonds is 2. The molecular weight excluding hydrogens is 281 g/mol. The Morgan fingerprint density at radius 1 is 1.33 bits per heavy atom. The fraction of sp³-hybridized carbons (Fsp3) is 0.500. The van der Waals surface area contributed by atoms with Crippen molar-refractivity contribution < 1.29 is 13.2 Å². The molecule has 3 N–H and O–H groups in total. The van der Waals surface area contributed by atoms with Crippen molar-refractivity contribution in [3.63, 3.8) is 0 Å². The van der Waals surface area contributed by atoms with Crippen LogP contribution < -0.4 is 10.6 Å². The first-order valence-electron chi connectivity index (χ1n) is 6.71. The minimum absolute atomic E-state index is 0.140. The van der Waals surface area contributed by atoms with Gasteiger partial charge in [0.05, 0.1) is 5.56 Å². The molecule has 1 saturated heterocycles. The summed E-state index contributed by atoms with van der Waals surface area (Å²) in [6.07, 6.45) is -4.43. The highest BCUT2D eigenvalue weighted by atomic mass is 19.4. The Labute approximate surface area is 121 Å². The highest BCUT2D eigenvalue weighted by Gasteiger charge is 2.32. The van der Waals surface area contributed by atoms with Crippen LogP contribution in [0.1, 0.15) is 18.1 Å². The number of nitrogens with zero attached hydrogens (tertiary/aromatic N) is 2. The maximum atomic E-state index is 12.8. The molecule has 1 aromatic rings. The predicted molar refractivity (Wildman–Crippen MR) is 76.8 cm³/mol. The molecule has 1 heterocycles. The normalized spacial score (nSPS) is 20.6.